The van der Waals surface area contributed by atoms with Crippen molar-refractivity contribution in [3.8, 4) is 22.5 Å². The third-order valence-corrected chi connectivity index (χ3v) is 5.14. The second kappa shape index (κ2) is 8.12. The van der Waals surface area contributed by atoms with Crippen molar-refractivity contribution in [2.75, 3.05) is 32.8 Å². The molecular formula is C20H21FN4OS. The Kier molecular flexibility index (Phi) is 5.42. The fraction of sp³-hybridized carbons (Fsp3) is 0.300. The minimum atomic E-state index is -0.255. The molecule has 0 bridgehead atoms. The molecule has 5 nitrogen and oxygen atoms in total. The largest absolute Gasteiger partial charge is 0.379 e. The van der Waals surface area contributed by atoms with Crippen molar-refractivity contribution >= 4 is 12.2 Å². The van der Waals surface area contributed by atoms with Crippen LogP contribution in [0.3, 0.4) is 0 Å². The zero-order chi connectivity index (χ0) is 18.6. The SMILES string of the molecule is Fc1ccc(-c2[nH]c(=S)n(CCN3CCOCC3)c2-c2ccncc2)cc1. The Labute approximate surface area is 162 Å². The van der Waals surface area contributed by atoms with Crippen molar-refractivity contribution in [3.05, 3.63) is 59.4 Å². The van der Waals surface area contributed by atoms with Gasteiger partial charge in [0.25, 0.3) is 0 Å². The maximum absolute atomic E-state index is 13.4. The number of H-pyrrole nitrogens is 1. The van der Waals surface area contributed by atoms with Crippen LogP contribution in [0.5, 0.6) is 0 Å². The fourth-order valence-corrected chi connectivity index (χ4v) is 3.67. The summed E-state index contributed by atoms with van der Waals surface area (Å²) in [5.74, 6) is -0.255. The molecule has 0 radical (unpaired) electrons. The molecule has 0 atom stereocenters. The molecule has 1 saturated heterocycles. The second-order valence-electron chi connectivity index (χ2n) is 6.50. The van der Waals surface area contributed by atoms with Crippen molar-refractivity contribution in [2.45, 2.75) is 6.54 Å². The lowest BCUT2D eigenvalue weighted by molar-refractivity contribution is 0.0364. The molecule has 1 aliphatic rings. The monoisotopic (exact) mass is 384 g/mol. The predicted molar refractivity (Wildman–Crippen MR) is 106 cm³/mol. The van der Waals surface area contributed by atoms with Crippen molar-refractivity contribution in [3.63, 3.8) is 0 Å². The standard InChI is InChI=1S/C20H21FN4OS/c21-17-3-1-15(2-4-17)18-19(16-5-7-22-8-6-16)25(20(27)23-18)10-9-24-11-13-26-14-12-24/h1-8H,9-14H2,(H,23,27). The molecule has 1 fully saturated rings. The number of rotatable bonds is 5. The van der Waals surface area contributed by atoms with Gasteiger partial charge < -0.3 is 14.3 Å². The Morgan fingerprint density at radius 1 is 1.00 bits per heavy atom. The number of morpholine rings is 1. The summed E-state index contributed by atoms with van der Waals surface area (Å²) in [5, 5.41) is 0. The summed E-state index contributed by atoms with van der Waals surface area (Å²) in [6.45, 7) is 5.10. The van der Waals surface area contributed by atoms with Gasteiger partial charge in [-0.1, -0.05) is 0 Å². The molecule has 1 aliphatic heterocycles. The van der Waals surface area contributed by atoms with Crippen molar-refractivity contribution in [2.24, 2.45) is 0 Å². The maximum Gasteiger partial charge on any atom is 0.178 e. The number of hydrogen-bond donors (Lipinski definition) is 1. The number of benzene rings is 1. The summed E-state index contributed by atoms with van der Waals surface area (Å²) < 4.78 is 21.6. The highest BCUT2D eigenvalue weighted by Crippen LogP contribution is 2.31. The van der Waals surface area contributed by atoms with E-state index < -0.39 is 0 Å². The van der Waals surface area contributed by atoms with Gasteiger partial charge in [-0.15, -0.1) is 0 Å². The topological polar surface area (TPSA) is 46.1 Å². The average molecular weight is 384 g/mol. The normalized spacial score (nSPS) is 15.1. The lowest BCUT2D eigenvalue weighted by atomic mass is 10.1. The minimum absolute atomic E-state index is 0.255. The number of imidazole rings is 1. The Hall–Kier alpha value is -2.35. The van der Waals surface area contributed by atoms with Gasteiger partial charge in [-0.05, 0) is 48.6 Å². The summed E-state index contributed by atoms with van der Waals surface area (Å²) >= 11 is 5.63. The number of nitrogens with one attached hydrogen (secondary N) is 1. The van der Waals surface area contributed by atoms with Crippen LogP contribution >= 0.6 is 12.2 Å². The first-order valence-corrected chi connectivity index (χ1v) is 9.42. The van der Waals surface area contributed by atoms with Crippen LogP contribution in [0.1, 0.15) is 0 Å². The molecule has 0 aliphatic carbocycles. The van der Waals surface area contributed by atoms with Gasteiger partial charge in [0.15, 0.2) is 4.77 Å². The zero-order valence-corrected chi connectivity index (χ0v) is 15.7. The Balaban J connectivity index is 1.73. The molecule has 0 saturated carbocycles. The van der Waals surface area contributed by atoms with Gasteiger partial charge in [-0.2, -0.15) is 0 Å². The van der Waals surface area contributed by atoms with Gasteiger partial charge in [0, 0.05) is 49.7 Å². The third-order valence-electron chi connectivity index (χ3n) is 4.81. The lowest BCUT2D eigenvalue weighted by Gasteiger charge is -2.26. The number of pyridine rings is 1. The van der Waals surface area contributed by atoms with Crippen molar-refractivity contribution in [1.29, 1.82) is 0 Å². The van der Waals surface area contributed by atoms with Crippen molar-refractivity contribution in [1.82, 2.24) is 19.4 Å². The highest BCUT2D eigenvalue weighted by Gasteiger charge is 2.17. The number of hydrogen-bond acceptors (Lipinski definition) is 4. The van der Waals surface area contributed by atoms with E-state index >= 15 is 0 Å². The van der Waals surface area contributed by atoms with Crippen LogP contribution in [0.25, 0.3) is 22.5 Å². The smallest absolute Gasteiger partial charge is 0.178 e. The van der Waals surface area contributed by atoms with Gasteiger partial charge in [-0.25, -0.2) is 4.39 Å². The quantitative estimate of drug-likeness (QED) is 0.681. The van der Waals surface area contributed by atoms with E-state index in [4.69, 9.17) is 17.0 Å². The van der Waals surface area contributed by atoms with E-state index in [1.54, 1.807) is 24.5 Å². The first kappa shape index (κ1) is 18.0. The summed E-state index contributed by atoms with van der Waals surface area (Å²) in [5.41, 5.74) is 3.83. The van der Waals surface area contributed by atoms with Gasteiger partial charge in [-0.3, -0.25) is 9.88 Å². The van der Waals surface area contributed by atoms with Gasteiger partial charge in [0.05, 0.1) is 24.6 Å². The second-order valence-corrected chi connectivity index (χ2v) is 6.89. The number of aromatic amines is 1. The van der Waals surface area contributed by atoms with E-state index in [2.05, 4.69) is 19.4 Å². The lowest BCUT2D eigenvalue weighted by Crippen LogP contribution is -2.38. The van der Waals surface area contributed by atoms with E-state index in [-0.39, 0.29) is 5.82 Å². The van der Waals surface area contributed by atoms with Gasteiger partial charge in [0.1, 0.15) is 5.82 Å². The molecule has 3 heterocycles. The van der Waals surface area contributed by atoms with Crippen molar-refractivity contribution < 1.29 is 9.13 Å². The first-order valence-electron chi connectivity index (χ1n) is 9.01. The fourth-order valence-electron chi connectivity index (χ4n) is 3.39. The number of halogens is 1. The van der Waals surface area contributed by atoms with Crippen LogP contribution in [0.4, 0.5) is 4.39 Å². The van der Waals surface area contributed by atoms with Crippen LogP contribution in [0.15, 0.2) is 48.8 Å². The minimum Gasteiger partial charge on any atom is -0.379 e. The Bertz CT molecular complexity index is 946. The van der Waals surface area contributed by atoms with Crippen LogP contribution in [-0.2, 0) is 11.3 Å². The van der Waals surface area contributed by atoms with E-state index in [1.807, 2.05) is 12.1 Å². The molecule has 0 amide bonds. The Morgan fingerprint density at radius 3 is 2.41 bits per heavy atom. The molecule has 4 rings (SSSR count). The summed E-state index contributed by atoms with van der Waals surface area (Å²) in [6, 6.07) is 10.4. The number of aromatic nitrogens is 3. The highest BCUT2D eigenvalue weighted by atomic mass is 32.1. The third kappa shape index (κ3) is 4.00. The van der Waals surface area contributed by atoms with Crippen LogP contribution in [0, 0.1) is 10.6 Å². The Morgan fingerprint density at radius 2 is 1.70 bits per heavy atom. The molecule has 27 heavy (non-hydrogen) atoms. The average Bonchev–Trinajstić information content (AvgIpc) is 3.04. The summed E-state index contributed by atoms with van der Waals surface area (Å²) in [7, 11) is 0. The summed E-state index contributed by atoms with van der Waals surface area (Å²) in [6.07, 6.45) is 3.54. The van der Waals surface area contributed by atoms with Gasteiger partial charge >= 0.3 is 0 Å². The summed E-state index contributed by atoms with van der Waals surface area (Å²) in [4.78, 5) is 9.83. The van der Waals surface area contributed by atoms with Crippen LogP contribution in [-0.4, -0.2) is 52.3 Å². The molecular weight excluding hydrogens is 363 g/mol. The molecule has 3 aromatic rings. The van der Waals surface area contributed by atoms with E-state index in [0.29, 0.717) is 4.77 Å². The molecule has 0 unspecified atom stereocenters. The van der Waals surface area contributed by atoms with Crippen LogP contribution in [0.2, 0.25) is 0 Å². The molecule has 140 valence electrons. The maximum atomic E-state index is 13.4. The molecule has 1 aromatic carbocycles. The zero-order valence-electron chi connectivity index (χ0n) is 14.9. The number of nitrogens with zero attached hydrogens (tertiary/aromatic N) is 3. The molecule has 7 heteroatoms. The van der Waals surface area contributed by atoms with E-state index in [9.17, 15) is 4.39 Å². The molecule has 2 aromatic heterocycles. The predicted octanol–water partition coefficient (Wildman–Crippen LogP) is 3.75. The first-order chi connectivity index (χ1) is 13.2. The van der Waals surface area contributed by atoms with E-state index in [0.717, 1.165) is 61.9 Å². The van der Waals surface area contributed by atoms with Gasteiger partial charge in [0.2, 0.25) is 0 Å². The molecule has 1 N–H and O–H groups in total. The van der Waals surface area contributed by atoms with E-state index in [1.165, 1.54) is 12.1 Å². The molecule has 0 spiro atoms. The highest BCUT2D eigenvalue weighted by molar-refractivity contribution is 7.71. The number of ether oxygens (including phenoxy) is 1. The van der Waals surface area contributed by atoms with Crippen LogP contribution < -0.4 is 0 Å².